The lowest BCUT2D eigenvalue weighted by atomic mass is 9.88. The third-order valence-corrected chi connectivity index (χ3v) is 7.22. The van der Waals surface area contributed by atoms with E-state index in [1.54, 1.807) is 7.05 Å². The Morgan fingerprint density at radius 1 is 1.19 bits per heavy atom. The third-order valence-electron chi connectivity index (χ3n) is 5.28. The van der Waals surface area contributed by atoms with Gasteiger partial charge in [-0.05, 0) is 40.0 Å². The first-order valence-electron chi connectivity index (χ1n) is 9.95. The van der Waals surface area contributed by atoms with E-state index < -0.39 is 10.8 Å². The normalized spacial score (nSPS) is 23.8. The van der Waals surface area contributed by atoms with Crippen molar-refractivity contribution in [2.24, 2.45) is 10.9 Å². The van der Waals surface area contributed by atoms with Crippen molar-refractivity contribution in [3.05, 3.63) is 0 Å². The first-order chi connectivity index (χ1) is 12.3. The lowest BCUT2D eigenvalue weighted by molar-refractivity contribution is -0.135. The second-order valence-corrected chi connectivity index (χ2v) is 10.7. The third kappa shape index (κ3) is 6.25. The minimum absolute atomic E-state index is 0.190. The molecule has 2 atom stereocenters. The van der Waals surface area contributed by atoms with E-state index in [0.717, 1.165) is 38.3 Å². The van der Waals surface area contributed by atoms with Gasteiger partial charge in [-0.1, -0.05) is 19.3 Å². The van der Waals surface area contributed by atoms with Crippen LogP contribution >= 0.6 is 0 Å². The predicted molar refractivity (Wildman–Crippen MR) is 109 cm³/mol. The largest absolute Gasteiger partial charge is 0.355 e. The van der Waals surface area contributed by atoms with Crippen LogP contribution in [0.1, 0.15) is 59.3 Å². The number of hydrogen-bond donors (Lipinski definition) is 2. The van der Waals surface area contributed by atoms with Crippen molar-refractivity contribution >= 4 is 22.7 Å². The highest BCUT2D eigenvalue weighted by molar-refractivity contribution is 7.86. The number of hydrogen-bond acceptors (Lipinski definition) is 3. The van der Waals surface area contributed by atoms with E-state index in [1.807, 2.05) is 25.7 Å². The van der Waals surface area contributed by atoms with Crippen molar-refractivity contribution in [2.75, 3.05) is 32.4 Å². The molecule has 2 rings (SSSR count). The molecule has 6 nitrogen and oxygen atoms in total. The zero-order valence-corrected chi connectivity index (χ0v) is 17.7. The minimum Gasteiger partial charge on any atom is -0.355 e. The molecule has 1 saturated carbocycles. The quantitative estimate of drug-likeness (QED) is 0.561. The Kier molecular flexibility index (Phi) is 7.92. The summed E-state index contributed by atoms with van der Waals surface area (Å²) in [7, 11) is 0.873. The highest BCUT2D eigenvalue weighted by Crippen LogP contribution is 2.26. The molecule has 1 amide bonds. The standard InChI is InChI=1S/C19H36N4O2S/c1-19(2,3)26(25)13-11-21-18(20-4)22-16-10-12-23(14-16)17(24)15-8-6-5-7-9-15/h15-16H,5-14H2,1-4H3,(H2,20,21,22). The molecular formula is C19H36N4O2S. The van der Waals surface area contributed by atoms with E-state index in [1.165, 1.54) is 19.3 Å². The lowest BCUT2D eigenvalue weighted by Gasteiger charge is -2.26. The van der Waals surface area contributed by atoms with Crippen molar-refractivity contribution in [3.63, 3.8) is 0 Å². The number of rotatable bonds is 5. The van der Waals surface area contributed by atoms with Gasteiger partial charge in [0, 0.05) is 59.9 Å². The molecule has 1 heterocycles. The summed E-state index contributed by atoms with van der Waals surface area (Å²) < 4.78 is 11.9. The summed E-state index contributed by atoms with van der Waals surface area (Å²) in [5.41, 5.74) is 0. The second-order valence-electron chi connectivity index (χ2n) is 8.41. The Bertz CT molecular complexity index is 524. The van der Waals surface area contributed by atoms with Gasteiger partial charge in [0.15, 0.2) is 5.96 Å². The Labute approximate surface area is 161 Å². The number of aliphatic imine (C=N–C) groups is 1. The van der Waals surface area contributed by atoms with Crippen LogP contribution in [-0.2, 0) is 15.6 Å². The second kappa shape index (κ2) is 9.72. The maximum atomic E-state index is 12.7. The Hall–Kier alpha value is -1.11. The topological polar surface area (TPSA) is 73.8 Å². The van der Waals surface area contributed by atoms with Crippen LogP contribution in [-0.4, -0.2) is 64.2 Å². The van der Waals surface area contributed by atoms with Gasteiger partial charge in [-0.15, -0.1) is 0 Å². The number of carbonyl (C=O) groups excluding carboxylic acids is 1. The summed E-state index contributed by atoms with van der Waals surface area (Å²) in [5, 5.41) is 6.66. The fraction of sp³-hybridized carbons (Fsp3) is 0.895. The van der Waals surface area contributed by atoms with Gasteiger partial charge in [0.25, 0.3) is 0 Å². The molecule has 0 aromatic rings. The van der Waals surface area contributed by atoms with Crippen molar-refractivity contribution < 1.29 is 9.00 Å². The van der Waals surface area contributed by atoms with Crippen LogP contribution in [0.3, 0.4) is 0 Å². The number of nitrogens with zero attached hydrogens (tertiary/aromatic N) is 2. The van der Waals surface area contributed by atoms with Gasteiger partial charge >= 0.3 is 0 Å². The van der Waals surface area contributed by atoms with E-state index in [4.69, 9.17) is 0 Å². The van der Waals surface area contributed by atoms with Crippen LogP contribution in [0.25, 0.3) is 0 Å². The molecule has 7 heteroatoms. The molecule has 2 N–H and O–H groups in total. The van der Waals surface area contributed by atoms with Crippen molar-refractivity contribution in [1.82, 2.24) is 15.5 Å². The first kappa shape index (κ1) is 21.2. The smallest absolute Gasteiger partial charge is 0.225 e. The Morgan fingerprint density at radius 2 is 1.88 bits per heavy atom. The maximum absolute atomic E-state index is 12.7. The summed E-state index contributed by atoms with van der Waals surface area (Å²) in [6, 6.07) is 0.238. The summed E-state index contributed by atoms with van der Waals surface area (Å²) in [4.78, 5) is 18.9. The van der Waals surface area contributed by atoms with Crippen molar-refractivity contribution in [3.8, 4) is 0 Å². The van der Waals surface area contributed by atoms with Crippen molar-refractivity contribution in [2.45, 2.75) is 70.1 Å². The average molecular weight is 385 g/mol. The molecule has 0 bridgehead atoms. The monoisotopic (exact) mass is 384 g/mol. The summed E-state index contributed by atoms with van der Waals surface area (Å²) in [6.07, 6.45) is 6.73. The molecule has 2 aliphatic rings. The molecule has 1 aliphatic carbocycles. The molecule has 0 radical (unpaired) electrons. The van der Waals surface area contributed by atoms with Gasteiger partial charge in [-0.2, -0.15) is 0 Å². The first-order valence-corrected chi connectivity index (χ1v) is 11.3. The van der Waals surface area contributed by atoms with Crippen molar-refractivity contribution in [1.29, 1.82) is 0 Å². The van der Waals surface area contributed by atoms with E-state index >= 15 is 0 Å². The van der Waals surface area contributed by atoms with Crippen LogP contribution in [0.5, 0.6) is 0 Å². The number of nitrogens with one attached hydrogen (secondary N) is 2. The molecule has 0 aromatic heterocycles. The van der Waals surface area contributed by atoms with Gasteiger partial charge in [0.2, 0.25) is 5.91 Å². The molecule has 0 aromatic carbocycles. The van der Waals surface area contributed by atoms with E-state index in [2.05, 4.69) is 15.6 Å². The van der Waals surface area contributed by atoms with Crippen LogP contribution < -0.4 is 10.6 Å². The zero-order valence-electron chi connectivity index (χ0n) is 16.8. The molecule has 1 aliphatic heterocycles. The van der Waals surface area contributed by atoms with Gasteiger partial charge in [-0.25, -0.2) is 0 Å². The molecular weight excluding hydrogens is 348 g/mol. The average Bonchev–Trinajstić information content (AvgIpc) is 3.08. The lowest BCUT2D eigenvalue weighted by Crippen LogP contribution is -2.46. The van der Waals surface area contributed by atoms with Crippen LogP contribution in [0, 0.1) is 5.92 Å². The van der Waals surface area contributed by atoms with E-state index in [9.17, 15) is 9.00 Å². The molecule has 150 valence electrons. The number of amides is 1. The van der Waals surface area contributed by atoms with Gasteiger partial charge in [0.05, 0.1) is 0 Å². The van der Waals surface area contributed by atoms with Gasteiger partial charge < -0.3 is 15.5 Å². The Morgan fingerprint density at radius 3 is 2.50 bits per heavy atom. The minimum atomic E-state index is -0.873. The SMILES string of the molecule is CN=C(NCCS(=O)C(C)(C)C)NC1CCN(C(=O)C2CCCCC2)C1. The van der Waals surface area contributed by atoms with Gasteiger partial charge in [0.1, 0.15) is 0 Å². The summed E-state index contributed by atoms with van der Waals surface area (Å²) in [6.45, 7) is 8.19. The number of carbonyl (C=O) groups is 1. The molecule has 1 saturated heterocycles. The van der Waals surface area contributed by atoms with Crippen LogP contribution in [0.2, 0.25) is 0 Å². The fourth-order valence-corrected chi connectivity index (χ4v) is 4.54. The highest BCUT2D eigenvalue weighted by Gasteiger charge is 2.31. The number of likely N-dealkylation sites (tertiary alicyclic amines) is 1. The molecule has 2 unspecified atom stereocenters. The molecule has 0 spiro atoms. The number of guanidine groups is 1. The predicted octanol–water partition coefficient (Wildman–Crippen LogP) is 1.88. The summed E-state index contributed by atoms with van der Waals surface area (Å²) >= 11 is 0. The van der Waals surface area contributed by atoms with E-state index in [0.29, 0.717) is 18.2 Å². The highest BCUT2D eigenvalue weighted by atomic mass is 32.2. The Balaban J connectivity index is 1.73. The molecule has 2 fully saturated rings. The van der Waals surface area contributed by atoms with Gasteiger partial charge in [-0.3, -0.25) is 14.0 Å². The van der Waals surface area contributed by atoms with E-state index in [-0.39, 0.29) is 16.7 Å². The van der Waals surface area contributed by atoms with Crippen LogP contribution in [0.15, 0.2) is 4.99 Å². The maximum Gasteiger partial charge on any atom is 0.225 e. The zero-order chi connectivity index (χ0) is 19.2. The summed E-state index contributed by atoms with van der Waals surface area (Å²) in [5.74, 6) is 1.92. The molecule has 26 heavy (non-hydrogen) atoms. The van der Waals surface area contributed by atoms with Crippen LogP contribution in [0.4, 0.5) is 0 Å². The fourth-order valence-electron chi connectivity index (χ4n) is 3.64.